The van der Waals surface area contributed by atoms with Gasteiger partial charge in [0.05, 0.1) is 5.69 Å². The quantitative estimate of drug-likeness (QED) is 0.670. The molecule has 0 radical (unpaired) electrons. The van der Waals surface area contributed by atoms with Gasteiger partial charge in [-0.15, -0.1) is 0 Å². The minimum atomic E-state index is 0.437. The SMILES string of the molecule is CCNC(=NCCc1c(C)nn(C)c1C)N1CCC(C)(CC)C1. The van der Waals surface area contributed by atoms with Crippen LogP contribution in [0.3, 0.4) is 0 Å². The number of rotatable bonds is 5. The molecule has 23 heavy (non-hydrogen) atoms. The lowest BCUT2D eigenvalue weighted by atomic mass is 9.87. The van der Waals surface area contributed by atoms with Crippen LogP contribution in [0.25, 0.3) is 0 Å². The summed E-state index contributed by atoms with van der Waals surface area (Å²) in [5.74, 6) is 1.07. The van der Waals surface area contributed by atoms with Crippen LogP contribution in [0.4, 0.5) is 0 Å². The van der Waals surface area contributed by atoms with Crippen LogP contribution in [0.2, 0.25) is 0 Å². The van der Waals surface area contributed by atoms with Gasteiger partial charge in [0.15, 0.2) is 5.96 Å². The van der Waals surface area contributed by atoms with E-state index in [1.165, 1.54) is 24.1 Å². The highest BCUT2D eigenvalue weighted by atomic mass is 15.3. The zero-order valence-corrected chi connectivity index (χ0v) is 15.7. The summed E-state index contributed by atoms with van der Waals surface area (Å²) in [4.78, 5) is 7.30. The van der Waals surface area contributed by atoms with Gasteiger partial charge in [-0.1, -0.05) is 13.8 Å². The highest BCUT2D eigenvalue weighted by Gasteiger charge is 2.33. The average molecular weight is 319 g/mol. The second-order valence-electron chi connectivity index (χ2n) is 7.09. The number of aliphatic imine (C=N–C) groups is 1. The van der Waals surface area contributed by atoms with Crippen LogP contribution in [-0.4, -0.2) is 46.8 Å². The monoisotopic (exact) mass is 319 g/mol. The summed E-state index contributed by atoms with van der Waals surface area (Å²) in [6.45, 7) is 15.0. The molecule has 1 aromatic rings. The highest BCUT2D eigenvalue weighted by molar-refractivity contribution is 5.80. The molecule has 1 aromatic heterocycles. The van der Waals surface area contributed by atoms with Crippen LogP contribution in [0.1, 0.15) is 50.6 Å². The summed E-state index contributed by atoms with van der Waals surface area (Å²) in [5.41, 5.74) is 4.16. The second-order valence-corrected chi connectivity index (χ2v) is 7.09. The van der Waals surface area contributed by atoms with Gasteiger partial charge in [0.25, 0.3) is 0 Å². The number of hydrogen-bond donors (Lipinski definition) is 1. The van der Waals surface area contributed by atoms with Crippen molar-refractivity contribution < 1.29 is 0 Å². The molecular formula is C18H33N5. The second kappa shape index (κ2) is 7.37. The molecule has 1 unspecified atom stereocenters. The topological polar surface area (TPSA) is 45.5 Å². The minimum Gasteiger partial charge on any atom is -0.357 e. The standard InChI is InChI=1S/C18H33N5/c1-7-18(5)10-12-23(13-18)17(19-8-2)20-11-9-16-14(3)21-22(6)15(16)4/h7-13H2,1-6H3,(H,19,20). The fourth-order valence-corrected chi connectivity index (χ4v) is 3.37. The minimum absolute atomic E-state index is 0.437. The summed E-state index contributed by atoms with van der Waals surface area (Å²) < 4.78 is 1.97. The third-order valence-electron chi connectivity index (χ3n) is 5.33. The molecule has 1 N–H and O–H groups in total. The van der Waals surface area contributed by atoms with Gasteiger partial charge < -0.3 is 10.2 Å². The molecule has 1 aliphatic rings. The predicted octanol–water partition coefficient (Wildman–Crippen LogP) is 2.67. The lowest BCUT2D eigenvalue weighted by Gasteiger charge is -2.25. The Morgan fingerprint density at radius 3 is 2.61 bits per heavy atom. The first-order valence-electron chi connectivity index (χ1n) is 8.92. The van der Waals surface area contributed by atoms with Crippen molar-refractivity contribution in [2.75, 3.05) is 26.2 Å². The number of nitrogens with zero attached hydrogens (tertiary/aromatic N) is 4. The first-order chi connectivity index (χ1) is 10.9. The van der Waals surface area contributed by atoms with Crippen LogP contribution >= 0.6 is 0 Å². The van der Waals surface area contributed by atoms with Gasteiger partial charge in [-0.2, -0.15) is 5.10 Å². The lowest BCUT2D eigenvalue weighted by Crippen LogP contribution is -2.41. The average Bonchev–Trinajstić information content (AvgIpc) is 3.02. The molecule has 1 aliphatic heterocycles. The van der Waals surface area contributed by atoms with Gasteiger partial charge in [0.2, 0.25) is 0 Å². The molecule has 1 saturated heterocycles. The molecule has 5 heteroatoms. The zero-order valence-electron chi connectivity index (χ0n) is 15.7. The van der Waals surface area contributed by atoms with E-state index in [1.54, 1.807) is 0 Å². The van der Waals surface area contributed by atoms with E-state index < -0.39 is 0 Å². The fourth-order valence-electron chi connectivity index (χ4n) is 3.37. The maximum atomic E-state index is 4.88. The Hall–Kier alpha value is -1.52. The number of aromatic nitrogens is 2. The molecule has 130 valence electrons. The molecule has 5 nitrogen and oxygen atoms in total. The Morgan fingerprint density at radius 2 is 2.09 bits per heavy atom. The molecular weight excluding hydrogens is 286 g/mol. The van der Waals surface area contributed by atoms with Crippen LogP contribution in [0.5, 0.6) is 0 Å². The molecule has 0 spiro atoms. The van der Waals surface area contributed by atoms with Crippen molar-refractivity contribution in [1.82, 2.24) is 20.0 Å². The Kier molecular flexibility index (Phi) is 5.71. The van der Waals surface area contributed by atoms with Crippen LogP contribution in [-0.2, 0) is 13.5 Å². The normalized spacial score (nSPS) is 22.0. The van der Waals surface area contributed by atoms with Crippen molar-refractivity contribution in [3.05, 3.63) is 17.0 Å². The lowest BCUT2D eigenvalue weighted by molar-refractivity contribution is 0.322. The van der Waals surface area contributed by atoms with E-state index in [4.69, 9.17) is 4.99 Å². The highest BCUT2D eigenvalue weighted by Crippen LogP contribution is 2.32. The van der Waals surface area contributed by atoms with Crippen molar-refractivity contribution in [2.45, 2.75) is 53.9 Å². The maximum absolute atomic E-state index is 4.88. The van der Waals surface area contributed by atoms with E-state index in [2.05, 4.69) is 49.9 Å². The Balaban J connectivity index is 2.02. The van der Waals surface area contributed by atoms with E-state index in [0.717, 1.165) is 44.3 Å². The Labute approximate surface area is 141 Å². The summed E-state index contributed by atoms with van der Waals surface area (Å²) in [7, 11) is 2.01. The van der Waals surface area contributed by atoms with Crippen LogP contribution < -0.4 is 5.32 Å². The summed E-state index contributed by atoms with van der Waals surface area (Å²) in [5, 5.41) is 7.96. The summed E-state index contributed by atoms with van der Waals surface area (Å²) in [6, 6.07) is 0. The first-order valence-corrected chi connectivity index (χ1v) is 8.92. The van der Waals surface area contributed by atoms with Crippen molar-refractivity contribution >= 4 is 5.96 Å². The summed E-state index contributed by atoms with van der Waals surface area (Å²) in [6.07, 6.45) is 3.45. The van der Waals surface area contributed by atoms with Crippen molar-refractivity contribution in [1.29, 1.82) is 0 Å². The third-order valence-corrected chi connectivity index (χ3v) is 5.33. The van der Waals surface area contributed by atoms with Crippen LogP contribution in [0, 0.1) is 19.3 Å². The molecule has 0 saturated carbocycles. The Morgan fingerprint density at radius 1 is 1.35 bits per heavy atom. The van der Waals surface area contributed by atoms with Crippen molar-refractivity contribution in [2.24, 2.45) is 17.5 Å². The molecule has 1 atom stereocenters. The molecule has 2 rings (SSSR count). The number of aryl methyl sites for hydroxylation is 2. The largest absolute Gasteiger partial charge is 0.357 e. The van der Waals surface area contributed by atoms with Gasteiger partial charge in [0.1, 0.15) is 0 Å². The fraction of sp³-hybridized carbons (Fsp3) is 0.778. The van der Waals surface area contributed by atoms with E-state index in [9.17, 15) is 0 Å². The number of hydrogen-bond acceptors (Lipinski definition) is 2. The van der Waals surface area contributed by atoms with E-state index in [-0.39, 0.29) is 0 Å². The number of nitrogens with one attached hydrogen (secondary N) is 1. The Bertz CT molecular complexity index is 560. The molecule has 0 bridgehead atoms. The predicted molar refractivity (Wildman–Crippen MR) is 97.0 cm³/mol. The van der Waals surface area contributed by atoms with Gasteiger partial charge >= 0.3 is 0 Å². The molecule has 0 amide bonds. The van der Waals surface area contributed by atoms with E-state index in [0.29, 0.717) is 5.41 Å². The molecule has 0 aliphatic carbocycles. The van der Waals surface area contributed by atoms with Gasteiger partial charge in [0, 0.05) is 38.9 Å². The maximum Gasteiger partial charge on any atom is 0.193 e. The molecule has 0 aromatic carbocycles. The van der Waals surface area contributed by atoms with Gasteiger partial charge in [-0.3, -0.25) is 9.67 Å². The number of guanidine groups is 1. The van der Waals surface area contributed by atoms with Crippen molar-refractivity contribution in [3.63, 3.8) is 0 Å². The first kappa shape index (κ1) is 17.8. The third kappa shape index (κ3) is 4.06. The zero-order chi connectivity index (χ0) is 17.0. The van der Waals surface area contributed by atoms with Gasteiger partial charge in [-0.25, -0.2) is 0 Å². The van der Waals surface area contributed by atoms with E-state index in [1.807, 2.05) is 11.7 Å². The van der Waals surface area contributed by atoms with E-state index >= 15 is 0 Å². The van der Waals surface area contributed by atoms with Crippen molar-refractivity contribution in [3.8, 4) is 0 Å². The number of likely N-dealkylation sites (tertiary alicyclic amines) is 1. The molecule has 2 heterocycles. The summed E-state index contributed by atoms with van der Waals surface area (Å²) >= 11 is 0. The molecule has 1 fully saturated rings. The van der Waals surface area contributed by atoms with Gasteiger partial charge in [-0.05, 0) is 51.0 Å². The smallest absolute Gasteiger partial charge is 0.193 e. The van der Waals surface area contributed by atoms with Crippen LogP contribution in [0.15, 0.2) is 4.99 Å².